The Hall–Kier alpha value is -3.45. The van der Waals surface area contributed by atoms with Crippen molar-refractivity contribution in [1.82, 2.24) is 5.32 Å². The number of aromatic hydroxyl groups is 1. The Labute approximate surface area is 180 Å². The summed E-state index contributed by atoms with van der Waals surface area (Å²) in [6.07, 6.45) is 3.53. The lowest BCUT2D eigenvalue weighted by Crippen LogP contribution is -2.54. The van der Waals surface area contributed by atoms with Gasteiger partial charge in [-0.05, 0) is 67.9 Å². The Bertz CT molecular complexity index is 1070. The molecule has 3 rings (SSSR count). The number of benzene rings is 2. The molecule has 1 fully saturated rings. The minimum atomic E-state index is -0.578. The van der Waals surface area contributed by atoms with E-state index in [1.54, 1.807) is 37.3 Å². The SMILES string of the molecule is C=CCc1cc(C=C2C(=O)NC(=S)N(c3ccccc3C)C2=O)cc(OCC)c1O. The van der Waals surface area contributed by atoms with Gasteiger partial charge >= 0.3 is 0 Å². The molecule has 0 aliphatic carbocycles. The highest BCUT2D eigenvalue weighted by Crippen LogP contribution is 2.34. The quantitative estimate of drug-likeness (QED) is 0.322. The van der Waals surface area contributed by atoms with Crippen molar-refractivity contribution in [3.05, 3.63) is 71.3 Å². The maximum atomic E-state index is 13.2. The van der Waals surface area contributed by atoms with Gasteiger partial charge in [0.25, 0.3) is 11.8 Å². The fourth-order valence-electron chi connectivity index (χ4n) is 3.21. The van der Waals surface area contributed by atoms with E-state index >= 15 is 0 Å². The fraction of sp³-hybridized carbons (Fsp3) is 0.174. The molecule has 1 aliphatic heterocycles. The molecule has 1 heterocycles. The van der Waals surface area contributed by atoms with Crippen LogP contribution in [0.4, 0.5) is 5.69 Å². The molecule has 6 nitrogen and oxygen atoms in total. The molecular formula is C23H22N2O4S. The molecule has 1 saturated heterocycles. The molecule has 2 N–H and O–H groups in total. The molecule has 0 unspecified atom stereocenters. The molecule has 2 aromatic carbocycles. The number of nitrogens with one attached hydrogen (secondary N) is 1. The van der Waals surface area contributed by atoms with Crippen LogP contribution in [0, 0.1) is 6.92 Å². The van der Waals surface area contributed by atoms with Gasteiger partial charge < -0.3 is 9.84 Å². The van der Waals surface area contributed by atoms with Crippen LogP contribution in [0.1, 0.15) is 23.6 Å². The molecule has 2 amide bonds. The van der Waals surface area contributed by atoms with Gasteiger partial charge in [-0.25, -0.2) is 0 Å². The van der Waals surface area contributed by atoms with Crippen molar-refractivity contribution in [2.75, 3.05) is 11.5 Å². The van der Waals surface area contributed by atoms with Gasteiger partial charge in [0.05, 0.1) is 12.3 Å². The minimum absolute atomic E-state index is 0.0148. The number of amides is 2. The molecule has 0 spiro atoms. The number of anilines is 1. The Balaban J connectivity index is 2.08. The normalized spacial score (nSPS) is 15.3. The second-order valence-corrected chi connectivity index (χ2v) is 7.08. The molecule has 0 saturated carbocycles. The lowest BCUT2D eigenvalue weighted by molar-refractivity contribution is -0.122. The summed E-state index contributed by atoms with van der Waals surface area (Å²) in [5, 5.41) is 13.0. The number of phenolic OH excluding ortho intramolecular Hbond substituents is 1. The largest absolute Gasteiger partial charge is 0.504 e. The first-order valence-electron chi connectivity index (χ1n) is 9.44. The van der Waals surface area contributed by atoms with Crippen molar-refractivity contribution in [1.29, 1.82) is 0 Å². The van der Waals surface area contributed by atoms with Crippen molar-refractivity contribution in [2.24, 2.45) is 0 Å². The third kappa shape index (κ3) is 4.11. The number of carbonyl (C=O) groups is 2. The van der Waals surface area contributed by atoms with E-state index in [0.29, 0.717) is 29.8 Å². The second kappa shape index (κ2) is 8.92. The van der Waals surface area contributed by atoms with Gasteiger partial charge in [-0.15, -0.1) is 6.58 Å². The van der Waals surface area contributed by atoms with Crippen LogP contribution in [0.15, 0.2) is 54.6 Å². The predicted octanol–water partition coefficient (Wildman–Crippen LogP) is 3.66. The number of aryl methyl sites for hydroxylation is 1. The van der Waals surface area contributed by atoms with Gasteiger partial charge in [0.15, 0.2) is 16.6 Å². The van der Waals surface area contributed by atoms with E-state index in [9.17, 15) is 14.7 Å². The summed E-state index contributed by atoms with van der Waals surface area (Å²) in [5.41, 5.74) is 2.51. The van der Waals surface area contributed by atoms with Crippen LogP contribution < -0.4 is 15.0 Å². The summed E-state index contributed by atoms with van der Waals surface area (Å²) >= 11 is 5.25. The third-order valence-electron chi connectivity index (χ3n) is 4.61. The number of para-hydroxylation sites is 1. The van der Waals surface area contributed by atoms with Gasteiger partial charge in [0.2, 0.25) is 0 Å². The highest BCUT2D eigenvalue weighted by Gasteiger charge is 2.35. The number of ether oxygens (including phenoxy) is 1. The van der Waals surface area contributed by atoms with Gasteiger partial charge in [0, 0.05) is 5.56 Å². The average Bonchev–Trinajstić information content (AvgIpc) is 2.70. The summed E-state index contributed by atoms with van der Waals surface area (Å²) < 4.78 is 5.50. The number of phenols is 1. The van der Waals surface area contributed by atoms with Crippen molar-refractivity contribution < 1.29 is 19.4 Å². The monoisotopic (exact) mass is 422 g/mol. The summed E-state index contributed by atoms with van der Waals surface area (Å²) in [5.74, 6) is -0.805. The molecule has 154 valence electrons. The predicted molar refractivity (Wildman–Crippen MR) is 121 cm³/mol. The Morgan fingerprint density at radius 3 is 2.67 bits per heavy atom. The number of hydrogen-bond donors (Lipinski definition) is 2. The van der Waals surface area contributed by atoms with Crippen LogP contribution in [0.2, 0.25) is 0 Å². The number of allylic oxidation sites excluding steroid dienone is 1. The maximum absolute atomic E-state index is 13.2. The molecule has 0 aromatic heterocycles. The van der Waals surface area contributed by atoms with Crippen LogP contribution >= 0.6 is 12.2 Å². The highest BCUT2D eigenvalue weighted by atomic mass is 32.1. The average molecular weight is 423 g/mol. The summed E-state index contributed by atoms with van der Waals surface area (Å²) in [7, 11) is 0. The Morgan fingerprint density at radius 1 is 1.27 bits per heavy atom. The maximum Gasteiger partial charge on any atom is 0.270 e. The molecule has 2 aromatic rings. The Kier molecular flexibility index (Phi) is 6.32. The molecule has 0 bridgehead atoms. The zero-order valence-electron chi connectivity index (χ0n) is 16.8. The van der Waals surface area contributed by atoms with Crippen LogP contribution in [0.5, 0.6) is 11.5 Å². The van der Waals surface area contributed by atoms with E-state index in [1.807, 2.05) is 19.1 Å². The second-order valence-electron chi connectivity index (χ2n) is 6.70. The summed E-state index contributed by atoms with van der Waals surface area (Å²) in [4.78, 5) is 27.1. The van der Waals surface area contributed by atoms with Gasteiger partial charge in [-0.1, -0.05) is 24.3 Å². The standard InChI is InChI=1S/C23H22N2O4S/c1-4-8-16-11-15(13-19(20(16)26)29-5-2)12-17-21(27)24-23(30)25(22(17)28)18-10-7-6-9-14(18)3/h4,6-7,9-13,26H,1,5,8H2,2-3H3,(H,24,27,30). The van der Waals surface area contributed by atoms with Gasteiger partial charge in [-0.2, -0.15) is 0 Å². The zero-order valence-corrected chi connectivity index (χ0v) is 17.6. The van der Waals surface area contributed by atoms with Crippen molar-refractivity contribution in [2.45, 2.75) is 20.3 Å². The molecule has 1 aliphatic rings. The third-order valence-corrected chi connectivity index (χ3v) is 4.89. The number of nitrogens with zero attached hydrogens (tertiary/aromatic N) is 1. The van der Waals surface area contributed by atoms with Crippen LogP contribution in [-0.4, -0.2) is 28.6 Å². The van der Waals surface area contributed by atoms with Crippen molar-refractivity contribution in [3.8, 4) is 11.5 Å². The summed E-state index contributed by atoms with van der Waals surface area (Å²) in [6, 6.07) is 10.6. The molecule has 0 atom stereocenters. The number of carbonyl (C=O) groups excluding carboxylic acids is 2. The van der Waals surface area contributed by atoms with E-state index in [1.165, 1.54) is 11.0 Å². The van der Waals surface area contributed by atoms with E-state index in [0.717, 1.165) is 5.56 Å². The molecule has 30 heavy (non-hydrogen) atoms. The van der Waals surface area contributed by atoms with E-state index in [4.69, 9.17) is 17.0 Å². The van der Waals surface area contributed by atoms with E-state index in [2.05, 4.69) is 11.9 Å². The first-order valence-corrected chi connectivity index (χ1v) is 9.84. The van der Waals surface area contributed by atoms with Gasteiger partial charge in [-0.3, -0.25) is 19.8 Å². The number of thiocarbonyl (C=S) groups is 1. The van der Waals surface area contributed by atoms with E-state index in [-0.39, 0.29) is 22.2 Å². The molecule has 7 heteroatoms. The van der Waals surface area contributed by atoms with Crippen LogP contribution in [-0.2, 0) is 16.0 Å². The van der Waals surface area contributed by atoms with Gasteiger partial charge in [0.1, 0.15) is 5.57 Å². The molecular weight excluding hydrogens is 400 g/mol. The minimum Gasteiger partial charge on any atom is -0.504 e. The smallest absolute Gasteiger partial charge is 0.270 e. The first-order chi connectivity index (χ1) is 14.4. The highest BCUT2D eigenvalue weighted by molar-refractivity contribution is 7.80. The topological polar surface area (TPSA) is 78.9 Å². The van der Waals surface area contributed by atoms with E-state index < -0.39 is 11.8 Å². The zero-order chi connectivity index (χ0) is 21.8. The number of hydrogen-bond acceptors (Lipinski definition) is 5. The van der Waals surface area contributed by atoms with Crippen LogP contribution in [0.3, 0.4) is 0 Å². The molecule has 0 radical (unpaired) electrons. The lowest BCUT2D eigenvalue weighted by Gasteiger charge is -2.30. The number of rotatable bonds is 6. The van der Waals surface area contributed by atoms with Crippen molar-refractivity contribution in [3.63, 3.8) is 0 Å². The van der Waals surface area contributed by atoms with Crippen molar-refractivity contribution >= 4 is 40.9 Å². The summed E-state index contributed by atoms with van der Waals surface area (Å²) in [6.45, 7) is 7.72. The first kappa shape index (κ1) is 21.3. The lowest BCUT2D eigenvalue weighted by atomic mass is 10.0. The fourth-order valence-corrected chi connectivity index (χ4v) is 3.48. The van der Waals surface area contributed by atoms with Crippen LogP contribution in [0.25, 0.3) is 6.08 Å². The Morgan fingerprint density at radius 2 is 2.00 bits per heavy atom.